The fourth-order valence-corrected chi connectivity index (χ4v) is 0.390. The van der Waals surface area contributed by atoms with Crippen molar-refractivity contribution in [3.05, 3.63) is 0 Å². The van der Waals surface area contributed by atoms with E-state index in [2.05, 4.69) is 17.4 Å². The van der Waals surface area contributed by atoms with E-state index in [0.29, 0.717) is 0 Å². The summed E-state index contributed by atoms with van der Waals surface area (Å²) in [6, 6.07) is 0. The zero-order valence-electron chi connectivity index (χ0n) is 5.12. The molecule has 0 aliphatic rings. The summed E-state index contributed by atoms with van der Waals surface area (Å²) >= 11 is 1.88. The third kappa shape index (κ3) is 6.16. The molecule has 0 bridgehead atoms. The second kappa shape index (κ2) is 6.16. The first-order valence-electron chi connectivity index (χ1n) is 2.81. The third-order valence-electron chi connectivity index (χ3n) is 0.832. The van der Waals surface area contributed by atoms with Gasteiger partial charge in [-0.2, -0.15) is 0 Å². The van der Waals surface area contributed by atoms with Crippen LogP contribution in [-0.4, -0.2) is 17.7 Å². The van der Waals surface area contributed by atoms with Crippen LogP contribution in [0.4, 0.5) is 0 Å². The summed E-state index contributed by atoms with van der Waals surface area (Å²) in [4.78, 5) is 0. The average molecular weight is 88.1 g/mol. The molecule has 0 saturated heterocycles. The Morgan fingerprint density at radius 1 is 1.57 bits per heavy atom. The molecule has 0 heterocycles. The quantitative estimate of drug-likeness (QED) is 0.271. The molecule has 0 aliphatic heterocycles. The van der Waals surface area contributed by atoms with Gasteiger partial charge in [0.2, 0.25) is 0 Å². The number of unbranched alkanes of at least 4 members (excludes halogenated alkanes) is 2. The molecule has 34 valence electrons. The molecule has 7 heavy (non-hydrogen) atoms. The van der Waals surface area contributed by atoms with E-state index >= 15 is 0 Å². The van der Waals surface area contributed by atoms with E-state index in [0.717, 1.165) is 6.42 Å². The molecular weight excluding hydrogens is 79.0 g/mol. The van der Waals surface area contributed by atoms with E-state index in [1.807, 2.05) is 17.7 Å². The van der Waals surface area contributed by atoms with Crippen LogP contribution in [0.1, 0.15) is 26.2 Å². The van der Waals surface area contributed by atoms with Gasteiger partial charge in [-0.15, -0.1) is 0 Å². The number of hydrogen-bond donors (Lipinski definition) is 0. The van der Waals surface area contributed by atoms with Gasteiger partial charge in [0, 0.05) is 0 Å². The summed E-state index contributed by atoms with van der Waals surface area (Å²) in [5.74, 6) is 3.00. The van der Waals surface area contributed by atoms with Crippen LogP contribution < -0.4 is 0 Å². The van der Waals surface area contributed by atoms with Gasteiger partial charge >= 0.3 is 54.4 Å². The fraction of sp³-hybridized carbons (Fsp3) is 0.667. The average Bonchev–Trinajstić information content (AvgIpc) is 1.69. The first-order chi connectivity index (χ1) is 3.41. The Labute approximate surface area is 54.9 Å². The van der Waals surface area contributed by atoms with Crippen LogP contribution in [-0.2, 0) is 0 Å². The normalized spacial score (nSPS) is 7.29. The van der Waals surface area contributed by atoms with Crippen LogP contribution in [0, 0.1) is 10.5 Å². The molecule has 0 radical (unpaired) electrons. The van der Waals surface area contributed by atoms with Crippen molar-refractivity contribution in [3.8, 4) is 10.5 Å². The van der Waals surface area contributed by atoms with Gasteiger partial charge in [0.25, 0.3) is 0 Å². The van der Waals surface area contributed by atoms with Gasteiger partial charge in [0.05, 0.1) is 0 Å². The molecular formula is C6H9Li. The van der Waals surface area contributed by atoms with E-state index in [4.69, 9.17) is 0 Å². The summed E-state index contributed by atoms with van der Waals surface area (Å²) in [5, 5.41) is 0. The Morgan fingerprint density at radius 2 is 2.29 bits per heavy atom. The van der Waals surface area contributed by atoms with Crippen molar-refractivity contribution in [2.24, 2.45) is 0 Å². The van der Waals surface area contributed by atoms with E-state index in [1.54, 1.807) is 0 Å². The van der Waals surface area contributed by atoms with Crippen LogP contribution in [0.25, 0.3) is 0 Å². The molecule has 0 aliphatic carbocycles. The topological polar surface area (TPSA) is 0 Å². The van der Waals surface area contributed by atoms with Gasteiger partial charge in [-0.1, -0.05) is 0 Å². The molecule has 0 saturated carbocycles. The van der Waals surface area contributed by atoms with Crippen LogP contribution >= 0.6 is 0 Å². The van der Waals surface area contributed by atoms with Gasteiger partial charge in [0.15, 0.2) is 0 Å². The van der Waals surface area contributed by atoms with E-state index in [-0.39, 0.29) is 0 Å². The van der Waals surface area contributed by atoms with Crippen molar-refractivity contribution in [1.29, 1.82) is 0 Å². The minimum atomic E-state index is 1.08. The van der Waals surface area contributed by atoms with Crippen LogP contribution in [0.15, 0.2) is 0 Å². The van der Waals surface area contributed by atoms with Crippen molar-refractivity contribution >= 4 is 17.7 Å². The maximum absolute atomic E-state index is 3.00. The van der Waals surface area contributed by atoms with Gasteiger partial charge < -0.3 is 0 Å². The zero-order chi connectivity index (χ0) is 5.54. The molecule has 0 spiro atoms. The number of rotatable bonds is 2. The Bertz CT molecular complexity index is 75.9. The summed E-state index contributed by atoms with van der Waals surface area (Å²) in [6.07, 6.45) is 3.59. The fourth-order valence-electron chi connectivity index (χ4n) is 0.390. The molecule has 0 aromatic carbocycles. The third-order valence-corrected chi connectivity index (χ3v) is 0.832. The SMILES string of the molecule is [Li][C]#CCCCC. The Hall–Kier alpha value is 0.157. The van der Waals surface area contributed by atoms with Crippen molar-refractivity contribution in [2.75, 3.05) is 0 Å². The second-order valence-electron chi connectivity index (χ2n) is 1.53. The van der Waals surface area contributed by atoms with Crippen LogP contribution in [0.2, 0.25) is 0 Å². The second-order valence-corrected chi connectivity index (χ2v) is 1.53. The molecule has 0 rings (SSSR count). The first-order valence-corrected chi connectivity index (χ1v) is 2.81. The predicted octanol–water partition coefficient (Wildman–Crippen LogP) is 1.31. The van der Waals surface area contributed by atoms with E-state index in [9.17, 15) is 0 Å². The summed E-state index contributed by atoms with van der Waals surface area (Å²) < 4.78 is 2.85. The van der Waals surface area contributed by atoms with Crippen LogP contribution in [0.5, 0.6) is 0 Å². The van der Waals surface area contributed by atoms with Gasteiger partial charge in [-0.05, 0) is 0 Å². The van der Waals surface area contributed by atoms with E-state index < -0.39 is 0 Å². The maximum atomic E-state index is 3.00. The molecule has 1 heteroatoms. The molecule has 0 unspecified atom stereocenters. The Kier molecular flexibility index (Phi) is 6.30. The zero-order valence-corrected chi connectivity index (χ0v) is 5.12. The monoisotopic (exact) mass is 88.1 g/mol. The molecule has 0 atom stereocenters. The first kappa shape index (κ1) is 7.16. The molecule has 0 fully saturated rings. The molecule has 0 nitrogen and oxygen atoms in total. The number of hydrogen-bond acceptors (Lipinski definition) is 0. The molecule has 0 amide bonds. The molecule has 0 aromatic rings. The van der Waals surface area contributed by atoms with Gasteiger partial charge in [-0.3, -0.25) is 0 Å². The van der Waals surface area contributed by atoms with Crippen molar-refractivity contribution in [3.63, 3.8) is 0 Å². The molecule has 0 aromatic heterocycles. The van der Waals surface area contributed by atoms with Crippen molar-refractivity contribution < 1.29 is 0 Å². The molecule has 0 N–H and O–H groups in total. The standard InChI is InChI=1S/C6H9.Li/c1-3-5-6-4-2;/h3,5-6H2,1H3;. The summed E-state index contributed by atoms with van der Waals surface area (Å²) in [7, 11) is 0. The summed E-state index contributed by atoms with van der Waals surface area (Å²) in [5.41, 5.74) is 0. The van der Waals surface area contributed by atoms with Crippen LogP contribution in [0.3, 0.4) is 0 Å². The van der Waals surface area contributed by atoms with Gasteiger partial charge in [-0.25, -0.2) is 0 Å². The Balaban J connectivity index is 2.78. The van der Waals surface area contributed by atoms with E-state index in [1.165, 1.54) is 12.8 Å². The van der Waals surface area contributed by atoms with Crippen molar-refractivity contribution in [1.82, 2.24) is 0 Å². The summed E-state index contributed by atoms with van der Waals surface area (Å²) in [6.45, 7) is 2.18. The Morgan fingerprint density at radius 3 is 2.71 bits per heavy atom. The van der Waals surface area contributed by atoms with Gasteiger partial charge in [0.1, 0.15) is 0 Å². The predicted molar refractivity (Wildman–Crippen MR) is 33.1 cm³/mol. The minimum absolute atomic E-state index is 1.08. The van der Waals surface area contributed by atoms with Crippen molar-refractivity contribution in [2.45, 2.75) is 26.2 Å².